The number of ether oxygens (including phenoxy) is 3. The molecule has 1 aromatic rings. The summed E-state index contributed by atoms with van der Waals surface area (Å²) in [6.07, 6.45) is 0.432. The van der Waals surface area contributed by atoms with Gasteiger partial charge < -0.3 is 29.3 Å². The van der Waals surface area contributed by atoms with Crippen molar-refractivity contribution in [3.8, 4) is 11.5 Å². The Morgan fingerprint density at radius 3 is 2.26 bits per heavy atom. The van der Waals surface area contributed by atoms with E-state index in [2.05, 4.69) is 5.32 Å². The Morgan fingerprint density at radius 2 is 1.70 bits per heavy atom. The molecule has 0 radical (unpaired) electrons. The molecule has 2 saturated heterocycles. The van der Waals surface area contributed by atoms with E-state index in [-0.39, 0.29) is 17.9 Å². The predicted octanol–water partition coefficient (Wildman–Crippen LogP) is 0.367. The van der Waals surface area contributed by atoms with Crippen molar-refractivity contribution in [2.45, 2.75) is 12.5 Å². The summed E-state index contributed by atoms with van der Waals surface area (Å²) < 4.78 is 15.9. The fourth-order valence-electron chi connectivity index (χ4n) is 3.36. The Bertz CT molecular complexity index is 645. The van der Waals surface area contributed by atoms with Crippen molar-refractivity contribution < 1.29 is 23.8 Å². The molecule has 0 spiro atoms. The number of carbonyl (C=O) groups excluding carboxylic acids is 2. The first-order chi connectivity index (χ1) is 13.1. The summed E-state index contributed by atoms with van der Waals surface area (Å²) >= 11 is 0. The zero-order valence-corrected chi connectivity index (χ0v) is 15.9. The van der Waals surface area contributed by atoms with Crippen LogP contribution in [0.1, 0.15) is 16.8 Å². The summed E-state index contributed by atoms with van der Waals surface area (Å²) in [5, 5.41) is 3.30. The molecular weight excluding hydrogens is 350 g/mol. The van der Waals surface area contributed by atoms with Gasteiger partial charge in [-0.15, -0.1) is 0 Å². The Morgan fingerprint density at radius 1 is 1.07 bits per heavy atom. The molecule has 0 aromatic heterocycles. The van der Waals surface area contributed by atoms with Crippen LogP contribution in [0.2, 0.25) is 0 Å². The molecule has 8 nitrogen and oxygen atoms in total. The monoisotopic (exact) mass is 377 g/mol. The second kappa shape index (κ2) is 9.05. The van der Waals surface area contributed by atoms with Gasteiger partial charge in [-0.05, 0) is 12.1 Å². The minimum atomic E-state index is -0.0818. The van der Waals surface area contributed by atoms with Gasteiger partial charge in [0.05, 0.1) is 27.4 Å². The van der Waals surface area contributed by atoms with Crippen LogP contribution in [-0.2, 0) is 9.53 Å². The topological polar surface area (TPSA) is 80.3 Å². The molecule has 2 aliphatic heterocycles. The van der Waals surface area contributed by atoms with Gasteiger partial charge in [-0.2, -0.15) is 0 Å². The van der Waals surface area contributed by atoms with Crippen LogP contribution in [0.25, 0.3) is 0 Å². The Hall–Kier alpha value is -2.32. The van der Waals surface area contributed by atoms with Gasteiger partial charge in [0, 0.05) is 56.8 Å². The number of piperazine rings is 1. The molecule has 0 bridgehead atoms. The van der Waals surface area contributed by atoms with Crippen LogP contribution >= 0.6 is 0 Å². The summed E-state index contributed by atoms with van der Waals surface area (Å²) in [6.45, 7) is 4.16. The van der Waals surface area contributed by atoms with Crippen molar-refractivity contribution in [2.24, 2.45) is 0 Å². The number of hydrogen-bond acceptors (Lipinski definition) is 6. The van der Waals surface area contributed by atoms with Crippen LogP contribution in [-0.4, -0.2) is 87.8 Å². The zero-order valence-electron chi connectivity index (χ0n) is 15.9. The number of rotatable bonds is 5. The van der Waals surface area contributed by atoms with Crippen LogP contribution in [0, 0.1) is 0 Å². The molecule has 148 valence electrons. The molecule has 2 heterocycles. The third kappa shape index (κ3) is 4.90. The standard InChI is InChI=1S/C19H27N3O5/c1-25-16-9-14(10-17(12-16)26-2)19(24)22-6-4-21(5-7-22)18(23)11-15-13-27-8-3-20-15/h9-10,12,15,20H,3-8,11,13H2,1-2H3. The van der Waals surface area contributed by atoms with Gasteiger partial charge in [-0.3, -0.25) is 9.59 Å². The second-order valence-electron chi connectivity index (χ2n) is 6.70. The summed E-state index contributed by atoms with van der Waals surface area (Å²) in [6, 6.07) is 5.22. The van der Waals surface area contributed by atoms with Crippen molar-refractivity contribution in [2.75, 3.05) is 60.2 Å². The van der Waals surface area contributed by atoms with Gasteiger partial charge >= 0.3 is 0 Å². The highest BCUT2D eigenvalue weighted by atomic mass is 16.5. The SMILES string of the molecule is COc1cc(OC)cc(C(=O)N2CCN(C(=O)CC3COCCN3)CC2)c1. The van der Waals surface area contributed by atoms with E-state index in [1.54, 1.807) is 37.3 Å². The van der Waals surface area contributed by atoms with Gasteiger partial charge in [0.1, 0.15) is 11.5 Å². The van der Waals surface area contributed by atoms with Gasteiger partial charge in [0.25, 0.3) is 5.91 Å². The maximum Gasteiger partial charge on any atom is 0.254 e. The van der Waals surface area contributed by atoms with Gasteiger partial charge in [-0.25, -0.2) is 0 Å². The molecule has 1 aromatic carbocycles. The number of carbonyl (C=O) groups is 2. The Labute approximate surface area is 159 Å². The number of nitrogens with zero attached hydrogens (tertiary/aromatic N) is 2. The van der Waals surface area contributed by atoms with Crippen LogP contribution in [0.15, 0.2) is 18.2 Å². The lowest BCUT2D eigenvalue weighted by Gasteiger charge is -2.36. The quantitative estimate of drug-likeness (QED) is 0.799. The predicted molar refractivity (Wildman–Crippen MR) is 99.3 cm³/mol. The van der Waals surface area contributed by atoms with E-state index < -0.39 is 0 Å². The van der Waals surface area contributed by atoms with E-state index in [1.807, 2.05) is 4.90 Å². The highest BCUT2D eigenvalue weighted by molar-refractivity contribution is 5.95. The molecule has 1 unspecified atom stereocenters. The molecule has 2 aliphatic rings. The Balaban J connectivity index is 1.55. The van der Waals surface area contributed by atoms with Crippen LogP contribution < -0.4 is 14.8 Å². The van der Waals surface area contributed by atoms with E-state index in [0.29, 0.717) is 62.9 Å². The largest absolute Gasteiger partial charge is 0.497 e. The molecule has 1 N–H and O–H groups in total. The third-order valence-electron chi connectivity index (χ3n) is 4.94. The average Bonchev–Trinajstić information content (AvgIpc) is 2.73. The minimum absolute atomic E-state index is 0.0789. The molecule has 0 saturated carbocycles. The van der Waals surface area contributed by atoms with Crippen molar-refractivity contribution in [3.63, 3.8) is 0 Å². The van der Waals surface area contributed by atoms with E-state index in [1.165, 1.54) is 0 Å². The maximum absolute atomic E-state index is 12.8. The summed E-state index contributed by atoms with van der Waals surface area (Å²) in [4.78, 5) is 28.9. The average molecular weight is 377 g/mol. The van der Waals surface area contributed by atoms with Gasteiger partial charge in [-0.1, -0.05) is 0 Å². The second-order valence-corrected chi connectivity index (χ2v) is 6.70. The minimum Gasteiger partial charge on any atom is -0.497 e. The van der Waals surface area contributed by atoms with Crippen molar-refractivity contribution in [3.05, 3.63) is 23.8 Å². The molecule has 2 amide bonds. The van der Waals surface area contributed by atoms with Crippen molar-refractivity contribution in [1.29, 1.82) is 0 Å². The summed E-state index contributed by atoms with van der Waals surface area (Å²) in [5.74, 6) is 1.18. The third-order valence-corrected chi connectivity index (χ3v) is 4.94. The molecular formula is C19H27N3O5. The highest BCUT2D eigenvalue weighted by Crippen LogP contribution is 2.24. The summed E-state index contributed by atoms with van der Waals surface area (Å²) in [5.41, 5.74) is 0.523. The highest BCUT2D eigenvalue weighted by Gasteiger charge is 2.27. The van der Waals surface area contributed by atoms with Gasteiger partial charge in [0.2, 0.25) is 5.91 Å². The number of amides is 2. The number of nitrogens with one attached hydrogen (secondary N) is 1. The lowest BCUT2D eigenvalue weighted by molar-refractivity contribution is -0.133. The fraction of sp³-hybridized carbons (Fsp3) is 0.579. The van der Waals surface area contributed by atoms with E-state index in [4.69, 9.17) is 14.2 Å². The molecule has 1 atom stereocenters. The van der Waals surface area contributed by atoms with E-state index >= 15 is 0 Å². The lowest BCUT2D eigenvalue weighted by atomic mass is 10.1. The molecule has 3 rings (SSSR count). The first-order valence-corrected chi connectivity index (χ1v) is 9.22. The number of morpholine rings is 1. The molecule has 27 heavy (non-hydrogen) atoms. The molecule has 0 aliphatic carbocycles. The molecule has 8 heteroatoms. The number of methoxy groups -OCH3 is 2. The summed E-state index contributed by atoms with van der Waals surface area (Å²) in [7, 11) is 3.11. The first kappa shape index (κ1) is 19.4. The van der Waals surface area contributed by atoms with E-state index in [0.717, 1.165) is 6.54 Å². The van der Waals surface area contributed by atoms with E-state index in [9.17, 15) is 9.59 Å². The number of hydrogen-bond donors (Lipinski definition) is 1. The number of benzene rings is 1. The zero-order chi connectivity index (χ0) is 19.2. The van der Waals surface area contributed by atoms with Gasteiger partial charge in [0.15, 0.2) is 0 Å². The smallest absolute Gasteiger partial charge is 0.254 e. The Kier molecular flexibility index (Phi) is 6.52. The van der Waals surface area contributed by atoms with Crippen molar-refractivity contribution in [1.82, 2.24) is 15.1 Å². The van der Waals surface area contributed by atoms with Crippen LogP contribution in [0.5, 0.6) is 11.5 Å². The maximum atomic E-state index is 12.8. The normalized spacial score (nSPS) is 20.3. The molecule has 2 fully saturated rings. The van der Waals surface area contributed by atoms with Crippen LogP contribution in [0.3, 0.4) is 0 Å². The first-order valence-electron chi connectivity index (χ1n) is 9.22. The lowest BCUT2D eigenvalue weighted by Crippen LogP contribution is -2.52. The fourth-order valence-corrected chi connectivity index (χ4v) is 3.36. The van der Waals surface area contributed by atoms with Crippen LogP contribution in [0.4, 0.5) is 0 Å². The van der Waals surface area contributed by atoms with Crippen molar-refractivity contribution >= 4 is 11.8 Å².